The van der Waals surface area contributed by atoms with Crippen molar-refractivity contribution in [3.8, 4) is 0 Å². The first kappa shape index (κ1) is 17.9. The minimum atomic E-state index is -0.500. The van der Waals surface area contributed by atoms with Crippen molar-refractivity contribution < 1.29 is 9.90 Å². The molecule has 6 heteroatoms. The Morgan fingerprint density at radius 3 is 2.70 bits per heavy atom. The number of primary amides is 1. The van der Waals surface area contributed by atoms with Gasteiger partial charge in [-0.3, -0.25) is 4.79 Å². The summed E-state index contributed by atoms with van der Waals surface area (Å²) in [6, 6.07) is 17.5. The van der Waals surface area contributed by atoms with Crippen LogP contribution < -0.4 is 5.73 Å². The Hall–Kier alpha value is -2.53. The summed E-state index contributed by atoms with van der Waals surface area (Å²) >= 11 is 12.5. The van der Waals surface area contributed by atoms with E-state index in [2.05, 4.69) is 6.07 Å². The Kier molecular flexibility index (Phi) is 4.56. The number of fused-ring (bicyclic) bond motifs is 3. The summed E-state index contributed by atoms with van der Waals surface area (Å²) in [5, 5.41) is 12.2. The number of benzene rings is 3. The first-order valence-corrected chi connectivity index (χ1v) is 9.05. The monoisotopic (exact) mass is 397 g/mol. The van der Waals surface area contributed by atoms with Gasteiger partial charge in [-0.25, -0.2) is 0 Å². The number of nitrogens with zero attached hydrogens (tertiary/aromatic N) is 1. The highest BCUT2D eigenvalue weighted by Gasteiger charge is 2.17. The average Bonchev–Trinajstić information content (AvgIpc) is 2.97. The van der Waals surface area contributed by atoms with Gasteiger partial charge in [0.25, 0.3) is 0 Å². The zero-order valence-electron chi connectivity index (χ0n) is 14.2. The summed E-state index contributed by atoms with van der Waals surface area (Å²) in [6.07, 6.45) is 0. The van der Waals surface area contributed by atoms with Crippen LogP contribution in [-0.2, 0) is 13.2 Å². The van der Waals surface area contributed by atoms with Gasteiger partial charge in [-0.05, 0) is 59.7 Å². The van der Waals surface area contributed by atoms with Crippen LogP contribution in [0.5, 0.6) is 0 Å². The Morgan fingerprint density at radius 2 is 1.96 bits per heavy atom. The molecule has 135 valence electrons. The van der Waals surface area contributed by atoms with Gasteiger partial charge >= 0.3 is 0 Å². The van der Waals surface area contributed by atoms with E-state index in [1.54, 1.807) is 30.3 Å². The van der Waals surface area contributed by atoms with Crippen molar-refractivity contribution in [1.29, 1.82) is 0 Å². The molecule has 0 unspecified atom stereocenters. The molecule has 0 aliphatic heterocycles. The quantitative estimate of drug-likeness (QED) is 0.530. The first-order chi connectivity index (χ1) is 13.0. The van der Waals surface area contributed by atoms with Crippen LogP contribution in [0.1, 0.15) is 21.5 Å². The van der Waals surface area contributed by atoms with Gasteiger partial charge in [-0.2, -0.15) is 0 Å². The molecule has 1 radical (unpaired) electrons. The van der Waals surface area contributed by atoms with E-state index in [0.717, 1.165) is 32.9 Å². The fraction of sp³-hybridized carbons (Fsp3) is 0.0952. The maximum atomic E-state index is 12.0. The maximum absolute atomic E-state index is 12.0. The van der Waals surface area contributed by atoms with E-state index in [0.29, 0.717) is 22.2 Å². The SMILES string of the molecule is NC(=O)c1cccc2c1c1[c]cc(CO)cc1n2Cc1cc(Cl)ccc1Cl. The molecule has 4 rings (SSSR count). The largest absolute Gasteiger partial charge is 0.392 e. The predicted molar refractivity (Wildman–Crippen MR) is 108 cm³/mol. The van der Waals surface area contributed by atoms with Crippen LogP contribution in [-0.4, -0.2) is 15.6 Å². The van der Waals surface area contributed by atoms with Gasteiger partial charge in [0.05, 0.1) is 17.6 Å². The van der Waals surface area contributed by atoms with E-state index in [4.69, 9.17) is 28.9 Å². The molecule has 0 fully saturated rings. The normalized spacial score (nSPS) is 11.4. The van der Waals surface area contributed by atoms with Crippen LogP contribution in [0.25, 0.3) is 21.8 Å². The van der Waals surface area contributed by atoms with Crippen molar-refractivity contribution in [3.05, 3.63) is 81.3 Å². The zero-order valence-corrected chi connectivity index (χ0v) is 15.7. The van der Waals surface area contributed by atoms with E-state index in [9.17, 15) is 9.90 Å². The van der Waals surface area contributed by atoms with Crippen LogP contribution in [0.4, 0.5) is 0 Å². The highest BCUT2D eigenvalue weighted by molar-refractivity contribution is 6.33. The summed E-state index contributed by atoms with van der Waals surface area (Å²) in [4.78, 5) is 12.0. The number of hydrogen-bond acceptors (Lipinski definition) is 2. The summed E-state index contributed by atoms with van der Waals surface area (Å²) in [5.74, 6) is -0.500. The van der Waals surface area contributed by atoms with Crippen LogP contribution in [0.2, 0.25) is 10.0 Å². The number of carbonyl (C=O) groups excluding carboxylic acids is 1. The van der Waals surface area contributed by atoms with Gasteiger partial charge in [0.1, 0.15) is 0 Å². The summed E-state index contributed by atoms with van der Waals surface area (Å²) in [6.45, 7) is 0.346. The van der Waals surface area contributed by atoms with Crippen LogP contribution in [0.15, 0.2) is 48.5 Å². The molecule has 4 nitrogen and oxygen atoms in total. The predicted octanol–water partition coefficient (Wildman–Crippen LogP) is 4.54. The van der Waals surface area contributed by atoms with Crippen LogP contribution in [0.3, 0.4) is 0 Å². The molecular formula is C21H15Cl2N2O2. The standard InChI is InChI=1S/C21H15Cl2N2O2/c22-14-5-7-17(23)13(9-14)10-25-18-3-1-2-16(21(24)27)20(18)15-6-4-12(11-26)8-19(15)25/h1-5,7-9,26H,10-11H2,(H2,24,27). The summed E-state index contributed by atoms with van der Waals surface area (Å²) in [7, 11) is 0. The van der Waals surface area contributed by atoms with Crippen molar-refractivity contribution in [2.75, 3.05) is 0 Å². The van der Waals surface area contributed by atoms with Gasteiger partial charge in [0, 0.05) is 32.9 Å². The number of carbonyl (C=O) groups is 1. The Labute approximate surface area is 165 Å². The molecule has 0 spiro atoms. The third-order valence-electron chi connectivity index (χ3n) is 4.64. The van der Waals surface area contributed by atoms with E-state index < -0.39 is 5.91 Å². The van der Waals surface area contributed by atoms with Gasteiger partial charge in [-0.1, -0.05) is 29.3 Å². The van der Waals surface area contributed by atoms with Crippen LogP contribution >= 0.6 is 23.2 Å². The van der Waals surface area contributed by atoms with Gasteiger partial charge < -0.3 is 15.4 Å². The zero-order chi connectivity index (χ0) is 19.1. The number of rotatable bonds is 4. The fourth-order valence-electron chi connectivity index (χ4n) is 3.40. The molecule has 1 aromatic heterocycles. The molecule has 27 heavy (non-hydrogen) atoms. The highest BCUT2D eigenvalue weighted by Crippen LogP contribution is 2.33. The number of halogens is 2. The molecule has 4 aromatic rings. The lowest BCUT2D eigenvalue weighted by molar-refractivity contribution is 0.100. The molecule has 0 saturated heterocycles. The first-order valence-electron chi connectivity index (χ1n) is 8.29. The van der Waals surface area contributed by atoms with Crippen molar-refractivity contribution >= 4 is 50.9 Å². The number of amides is 1. The molecule has 3 N–H and O–H groups in total. The Bertz CT molecular complexity index is 1200. The third kappa shape index (κ3) is 3.06. The van der Waals surface area contributed by atoms with Gasteiger partial charge in [0.2, 0.25) is 5.91 Å². The number of aliphatic hydroxyl groups excluding tert-OH is 1. The van der Waals surface area contributed by atoms with Crippen LogP contribution in [0, 0.1) is 6.07 Å². The lowest BCUT2D eigenvalue weighted by Crippen LogP contribution is -2.11. The van der Waals surface area contributed by atoms with E-state index in [1.165, 1.54) is 0 Å². The maximum Gasteiger partial charge on any atom is 0.249 e. The van der Waals surface area contributed by atoms with Gasteiger partial charge in [0.15, 0.2) is 0 Å². The Morgan fingerprint density at radius 1 is 1.15 bits per heavy atom. The number of hydrogen-bond donors (Lipinski definition) is 2. The van der Waals surface area contributed by atoms with Crippen molar-refractivity contribution in [2.45, 2.75) is 13.2 Å². The molecule has 0 aliphatic rings. The Balaban J connectivity index is 2.06. The summed E-state index contributed by atoms with van der Waals surface area (Å²) < 4.78 is 2.03. The smallest absolute Gasteiger partial charge is 0.249 e. The van der Waals surface area contributed by atoms with E-state index in [1.807, 2.05) is 22.8 Å². The fourth-order valence-corrected chi connectivity index (χ4v) is 3.77. The molecular weight excluding hydrogens is 383 g/mol. The molecule has 0 saturated carbocycles. The highest BCUT2D eigenvalue weighted by atomic mass is 35.5. The summed E-state index contributed by atoms with van der Waals surface area (Å²) in [5.41, 5.74) is 9.27. The minimum Gasteiger partial charge on any atom is -0.392 e. The number of aliphatic hydroxyl groups is 1. The number of nitrogens with two attached hydrogens (primary N) is 1. The lowest BCUT2D eigenvalue weighted by Gasteiger charge is -2.10. The second kappa shape index (κ2) is 6.89. The minimum absolute atomic E-state index is 0.103. The molecule has 1 heterocycles. The van der Waals surface area contributed by atoms with Crippen molar-refractivity contribution in [3.63, 3.8) is 0 Å². The molecule has 3 aromatic carbocycles. The molecule has 0 atom stereocenters. The third-order valence-corrected chi connectivity index (χ3v) is 5.24. The van der Waals surface area contributed by atoms with E-state index >= 15 is 0 Å². The second-order valence-corrected chi connectivity index (χ2v) is 7.16. The molecule has 0 aliphatic carbocycles. The molecule has 1 amide bonds. The number of aromatic nitrogens is 1. The molecule has 0 bridgehead atoms. The van der Waals surface area contributed by atoms with Crippen molar-refractivity contribution in [1.82, 2.24) is 4.57 Å². The van der Waals surface area contributed by atoms with E-state index in [-0.39, 0.29) is 6.61 Å². The van der Waals surface area contributed by atoms with Gasteiger partial charge in [-0.15, -0.1) is 0 Å². The lowest BCUT2D eigenvalue weighted by atomic mass is 10.0. The average molecular weight is 398 g/mol. The second-order valence-electron chi connectivity index (χ2n) is 6.31. The van der Waals surface area contributed by atoms with Crippen molar-refractivity contribution in [2.24, 2.45) is 5.73 Å². The topological polar surface area (TPSA) is 68.2 Å².